The first-order chi connectivity index (χ1) is 6.22. The number of piperidine rings is 1. The van der Waals surface area contributed by atoms with Crippen LogP contribution in [0.3, 0.4) is 0 Å². The van der Waals surface area contributed by atoms with Crippen LogP contribution >= 0.6 is 0 Å². The van der Waals surface area contributed by atoms with E-state index in [9.17, 15) is 0 Å². The molecular formula is C11H22N2. The van der Waals surface area contributed by atoms with E-state index in [0.717, 1.165) is 12.6 Å². The van der Waals surface area contributed by atoms with Gasteiger partial charge in [-0.3, -0.25) is 0 Å². The maximum absolute atomic E-state index is 3.90. The van der Waals surface area contributed by atoms with Crippen LogP contribution in [0.4, 0.5) is 0 Å². The van der Waals surface area contributed by atoms with Crippen LogP contribution in [-0.2, 0) is 0 Å². The minimum absolute atomic E-state index is 0.722. The maximum atomic E-state index is 3.90. The van der Waals surface area contributed by atoms with Gasteiger partial charge in [-0.15, -0.1) is 0 Å². The molecule has 1 aliphatic heterocycles. The highest BCUT2D eigenvalue weighted by molar-refractivity contribution is 4.92. The minimum Gasteiger partial charge on any atom is -0.310 e. The molecular weight excluding hydrogens is 160 g/mol. The maximum Gasteiger partial charge on any atom is 0.0161 e. The van der Waals surface area contributed by atoms with E-state index in [1.165, 1.54) is 38.0 Å². The molecule has 0 saturated carbocycles. The highest BCUT2D eigenvalue weighted by atomic mass is 15.1. The SMILES string of the molecule is C=C(C)CNC1CCN(CC)CC1. The van der Waals surface area contributed by atoms with E-state index in [-0.39, 0.29) is 0 Å². The molecule has 0 bridgehead atoms. The second-order valence-electron chi connectivity index (χ2n) is 4.05. The number of hydrogen-bond acceptors (Lipinski definition) is 2. The van der Waals surface area contributed by atoms with Gasteiger partial charge < -0.3 is 10.2 Å². The molecule has 0 spiro atoms. The molecule has 13 heavy (non-hydrogen) atoms. The zero-order valence-corrected chi connectivity index (χ0v) is 8.97. The van der Waals surface area contributed by atoms with Crippen molar-refractivity contribution >= 4 is 0 Å². The van der Waals surface area contributed by atoms with Crippen molar-refractivity contribution in [2.24, 2.45) is 0 Å². The topological polar surface area (TPSA) is 15.3 Å². The van der Waals surface area contributed by atoms with Crippen molar-refractivity contribution < 1.29 is 0 Å². The number of hydrogen-bond donors (Lipinski definition) is 1. The lowest BCUT2D eigenvalue weighted by molar-refractivity contribution is 0.208. The van der Waals surface area contributed by atoms with Crippen molar-refractivity contribution in [1.82, 2.24) is 10.2 Å². The summed E-state index contributed by atoms with van der Waals surface area (Å²) in [4.78, 5) is 2.51. The van der Waals surface area contributed by atoms with Gasteiger partial charge in [0.15, 0.2) is 0 Å². The number of nitrogens with one attached hydrogen (secondary N) is 1. The Labute approximate surface area is 82.0 Å². The molecule has 2 nitrogen and oxygen atoms in total. The van der Waals surface area contributed by atoms with Gasteiger partial charge in [-0.1, -0.05) is 19.1 Å². The zero-order chi connectivity index (χ0) is 9.68. The summed E-state index contributed by atoms with van der Waals surface area (Å²) in [5, 5.41) is 3.54. The highest BCUT2D eigenvalue weighted by Crippen LogP contribution is 2.09. The predicted octanol–water partition coefficient (Wildman–Crippen LogP) is 1.64. The van der Waals surface area contributed by atoms with E-state index in [1.54, 1.807) is 0 Å². The summed E-state index contributed by atoms with van der Waals surface area (Å²) in [6.07, 6.45) is 2.59. The molecule has 76 valence electrons. The molecule has 1 rings (SSSR count). The molecule has 0 radical (unpaired) electrons. The summed E-state index contributed by atoms with van der Waals surface area (Å²) in [7, 11) is 0. The molecule has 0 atom stereocenters. The lowest BCUT2D eigenvalue weighted by Crippen LogP contribution is -2.42. The zero-order valence-electron chi connectivity index (χ0n) is 8.97. The molecule has 1 heterocycles. The average molecular weight is 182 g/mol. The summed E-state index contributed by atoms with van der Waals surface area (Å²) in [5.74, 6) is 0. The van der Waals surface area contributed by atoms with E-state index in [0.29, 0.717) is 0 Å². The molecule has 1 aliphatic rings. The van der Waals surface area contributed by atoms with Crippen LogP contribution in [0, 0.1) is 0 Å². The van der Waals surface area contributed by atoms with Gasteiger partial charge in [-0.05, 0) is 39.4 Å². The van der Waals surface area contributed by atoms with Crippen LogP contribution in [0.2, 0.25) is 0 Å². The molecule has 0 aliphatic carbocycles. The molecule has 0 aromatic heterocycles. The lowest BCUT2D eigenvalue weighted by Gasteiger charge is -2.31. The number of nitrogens with zero attached hydrogens (tertiary/aromatic N) is 1. The van der Waals surface area contributed by atoms with Crippen LogP contribution in [0.15, 0.2) is 12.2 Å². The molecule has 1 fully saturated rings. The van der Waals surface area contributed by atoms with Crippen molar-refractivity contribution in [3.05, 3.63) is 12.2 Å². The molecule has 2 heteroatoms. The van der Waals surface area contributed by atoms with E-state index < -0.39 is 0 Å². The Hall–Kier alpha value is -0.340. The first-order valence-corrected chi connectivity index (χ1v) is 5.32. The Kier molecular flexibility index (Phi) is 4.46. The quantitative estimate of drug-likeness (QED) is 0.665. The Morgan fingerprint density at radius 3 is 2.54 bits per heavy atom. The highest BCUT2D eigenvalue weighted by Gasteiger charge is 2.16. The third-order valence-corrected chi connectivity index (χ3v) is 2.73. The standard InChI is InChI=1S/C11H22N2/c1-4-13-7-5-11(6-8-13)12-9-10(2)3/h11-12H,2,4-9H2,1,3H3. The van der Waals surface area contributed by atoms with Crippen molar-refractivity contribution in [3.63, 3.8) is 0 Å². The van der Waals surface area contributed by atoms with Crippen LogP contribution in [0.25, 0.3) is 0 Å². The number of likely N-dealkylation sites (tertiary alicyclic amines) is 1. The van der Waals surface area contributed by atoms with Crippen molar-refractivity contribution in [2.75, 3.05) is 26.2 Å². The van der Waals surface area contributed by atoms with Gasteiger partial charge in [-0.2, -0.15) is 0 Å². The van der Waals surface area contributed by atoms with Crippen molar-refractivity contribution in [1.29, 1.82) is 0 Å². The van der Waals surface area contributed by atoms with Crippen molar-refractivity contribution in [3.8, 4) is 0 Å². The van der Waals surface area contributed by atoms with Gasteiger partial charge in [-0.25, -0.2) is 0 Å². The van der Waals surface area contributed by atoms with Gasteiger partial charge in [0.05, 0.1) is 0 Å². The molecule has 1 saturated heterocycles. The Morgan fingerprint density at radius 1 is 1.46 bits per heavy atom. The van der Waals surface area contributed by atoms with Crippen LogP contribution in [-0.4, -0.2) is 37.1 Å². The summed E-state index contributed by atoms with van der Waals surface area (Å²) >= 11 is 0. The number of rotatable bonds is 4. The van der Waals surface area contributed by atoms with Crippen LogP contribution in [0.5, 0.6) is 0 Å². The van der Waals surface area contributed by atoms with Gasteiger partial charge in [0.25, 0.3) is 0 Å². The van der Waals surface area contributed by atoms with Gasteiger partial charge in [0, 0.05) is 12.6 Å². The average Bonchev–Trinajstić information content (AvgIpc) is 2.15. The molecule has 0 aromatic carbocycles. The second kappa shape index (κ2) is 5.40. The third-order valence-electron chi connectivity index (χ3n) is 2.73. The fourth-order valence-corrected chi connectivity index (χ4v) is 1.77. The van der Waals surface area contributed by atoms with Crippen LogP contribution in [0.1, 0.15) is 26.7 Å². The van der Waals surface area contributed by atoms with E-state index >= 15 is 0 Å². The summed E-state index contributed by atoms with van der Waals surface area (Å²) in [6, 6.07) is 0.722. The fourth-order valence-electron chi connectivity index (χ4n) is 1.77. The van der Waals surface area contributed by atoms with E-state index in [1.807, 2.05) is 0 Å². The Bertz CT molecular complexity index is 157. The monoisotopic (exact) mass is 182 g/mol. The Balaban J connectivity index is 2.14. The second-order valence-corrected chi connectivity index (χ2v) is 4.05. The lowest BCUT2D eigenvalue weighted by atomic mass is 10.0. The first-order valence-electron chi connectivity index (χ1n) is 5.32. The largest absolute Gasteiger partial charge is 0.310 e. The van der Waals surface area contributed by atoms with E-state index in [2.05, 4.69) is 30.6 Å². The minimum atomic E-state index is 0.722. The van der Waals surface area contributed by atoms with E-state index in [4.69, 9.17) is 0 Å². The van der Waals surface area contributed by atoms with Crippen molar-refractivity contribution in [2.45, 2.75) is 32.7 Å². The first kappa shape index (κ1) is 10.7. The fraction of sp³-hybridized carbons (Fsp3) is 0.818. The van der Waals surface area contributed by atoms with Gasteiger partial charge in [0.2, 0.25) is 0 Å². The summed E-state index contributed by atoms with van der Waals surface area (Å²) in [6.45, 7) is 12.9. The molecule has 1 N–H and O–H groups in total. The molecule has 0 aromatic rings. The van der Waals surface area contributed by atoms with Gasteiger partial charge in [0.1, 0.15) is 0 Å². The summed E-state index contributed by atoms with van der Waals surface area (Å²) < 4.78 is 0. The third kappa shape index (κ3) is 3.92. The van der Waals surface area contributed by atoms with Crippen LogP contribution < -0.4 is 5.32 Å². The summed E-state index contributed by atoms with van der Waals surface area (Å²) in [5.41, 5.74) is 1.23. The normalized spacial score (nSPS) is 20.5. The smallest absolute Gasteiger partial charge is 0.0161 e. The molecule has 0 amide bonds. The predicted molar refractivity (Wildman–Crippen MR) is 58.0 cm³/mol. The molecule has 0 unspecified atom stereocenters. The Morgan fingerprint density at radius 2 is 2.08 bits per heavy atom. The van der Waals surface area contributed by atoms with Gasteiger partial charge >= 0.3 is 0 Å².